The van der Waals surface area contributed by atoms with Gasteiger partial charge < -0.3 is 9.55 Å². The molecule has 4 rings (SSSR count). The highest BCUT2D eigenvalue weighted by Gasteiger charge is 2.20. The van der Waals surface area contributed by atoms with Crippen LogP contribution in [0, 0.1) is 5.92 Å². The van der Waals surface area contributed by atoms with Crippen molar-refractivity contribution in [3.8, 4) is 0 Å². The summed E-state index contributed by atoms with van der Waals surface area (Å²) in [5.41, 5.74) is 4.04. The Morgan fingerprint density at radius 2 is 1.75 bits per heavy atom. The van der Waals surface area contributed by atoms with Gasteiger partial charge in [0.1, 0.15) is 6.54 Å². The van der Waals surface area contributed by atoms with E-state index < -0.39 is 29.6 Å². The lowest BCUT2D eigenvalue weighted by Gasteiger charge is -2.14. The lowest BCUT2D eigenvalue weighted by Crippen LogP contribution is -2.48. The molecule has 4 aromatic rings. The number of amides is 2. The number of hydrogen-bond donors (Lipinski definition) is 3. The van der Waals surface area contributed by atoms with E-state index in [0.717, 1.165) is 10.1 Å². The minimum absolute atomic E-state index is 0.108. The minimum atomic E-state index is -0.785. The maximum atomic E-state index is 13.3. The van der Waals surface area contributed by atoms with Crippen LogP contribution >= 0.6 is 0 Å². The van der Waals surface area contributed by atoms with Crippen LogP contribution in [0.5, 0.6) is 0 Å². The highest BCUT2D eigenvalue weighted by Crippen LogP contribution is 2.11. The van der Waals surface area contributed by atoms with Gasteiger partial charge in [-0.3, -0.25) is 34.6 Å². The van der Waals surface area contributed by atoms with E-state index in [-0.39, 0.29) is 34.7 Å². The zero-order chi connectivity index (χ0) is 25.8. The molecular formula is C24H25N7O5. The molecule has 0 atom stereocenters. The number of nitrogens with one attached hydrogen (secondary N) is 3. The normalized spacial score (nSPS) is 11.1. The molecule has 0 radical (unpaired) electrons. The fourth-order valence-electron chi connectivity index (χ4n) is 3.75. The van der Waals surface area contributed by atoms with Crippen molar-refractivity contribution in [1.29, 1.82) is 0 Å². The molecule has 3 N–H and O–H groups in total. The van der Waals surface area contributed by atoms with E-state index in [1.54, 1.807) is 4.57 Å². The molecule has 12 nitrogen and oxygen atoms in total. The van der Waals surface area contributed by atoms with Crippen LogP contribution in [0.2, 0.25) is 0 Å². The van der Waals surface area contributed by atoms with Gasteiger partial charge >= 0.3 is 5.69 Å². The van der Waals surface area contributed by atoms with Gasteiger partial charge in [0, 0.05) is 18.8 Å². The number of carbonyl (C=O) groups is 2. The summed E-state index contributed by atoms with van der Waals surface area (Å²) in [6.07, 6.45) is 2.71. The van der Waals surface area contributed by atoms with Crippen molar-refractivity contribution in [2.24, 2.45) is 5.92 Å². The molecule has 0 saturated heterocycles. The summed E-state index contributed by atoms with van der Waals surface area (Å²) in [6.45, 7) is 4.00. The maximum Gasteiger partial charge on any atom is 0.333 e. The summed E-state index contributed by atoms with van der Waals surface area (Å²) < 4.78 is 3.86. The fraction of sp³-hybridized carbons (Fsp3) is 0.250. The number of pyridine rings is 1. The molecule has 0 unspecified atom stereocenters. The topological polar surface area (TPSA) is 153 Å². The number of carbonyl (C=O) groups excluding carboxylic acids is 2. The SMILES string of the molecule is CC(C)Cn1cnc2c1c(=O)n(CC(=O)NNC(=O)c1ccc(=O)[nH]c1)c(=O)n2Cc1ccccc1. The van der Waals surface area contributed by atoms with Crippen molar-refractivity contribution in [3.63, 3.8) is 0 Å². The van der Waals surface area contributed by atoms with Crippen LogP contribution in [-0.4, -0.2) is 35.5 Å². The lowest BCUT2D eigenvalue weighted by atomic mass is 10.2. The predicted molar refractivity (Wildman–Crippen MR) is 131 cm³/mol. The van der Waals surface area contributed by atoms with Gasteiger partial charge in [0.25, 0.3) is 17.4 Å². The first kappa shape index (κ1) is 24.4. The molecule has 186 valence electrons. The molecule has 0 spiro atoms. The second-order valence-corrected chi connectivity index (χ2v) is 8.65. The Morgan fingerprint density at radius 3 is 2.42 bits per heavy atom. The second-order valence-electron chi connectivity index (χ2n) is 8.65. The standard InChI is InChI=1S/C24H25N7O5/c1-15(2)11-29-14-26-21-20(29)23(35)31(24(36)30(21)12-16-6-4-3-5-7-16)13-19(33)27-28-22(34)17-8-9-18(32)25-10-17/h3-10,14-15H,11-13H2,1-2H3,(H,25,32)(H,27,33)(H,28,34). The van der Waals surface area contributed by atoms with E-state index in [4.69, 9.17) is 0 Å². The van der Waals surface area contributed by atoms with Gasteiger partial charge in [-0.15, -0.1) is 0 Å². The number of imidazole rings is 1. The van der Waals surface area contributed by atoms with Crippen LogP contribution in [0.3, 0.4) is 0 Å². The van der Waals surface area contributed by atoms with Gasteiger partial charge in [0.2, 0.25) is 5.56 Å². The molecule has 0 aliphatic heterocycles. The molecule has 2 amide bonds. The molecule has 0 bridgehead atoms. The Kier molecular flexibility index (Phi) is 6.95. The Balaban J connectivity index is 1.66. The number of hydrogen-bond acceptors (Lipinski definition) is 6. The summed E-state index contributed by atoms with van der Waals surface area (Å²) in [5, 5.41) is 0. The number of fused-ring (bicyclic) bond motifs is 1. The van der Waals surface area contributed by atoms with Crippen molar-refractivity contribution in [2.75, 3.05) is 0 Å². The van der Waals surface area contributed by atoms with Crippen LogP contribution in [-0.2, 0) is 24.4 Å². The quantitative estimate of drug-likeness (QED) is 0.314. The van der Waals surface area contributed by atoms with E-state index in [1.807, 2.05) is 44.2 Å². The van der Waals surface area contributed by atoms with Crippen molar-refractivity contribution in [3.05, 3.63) is 97.3 Å². The molecule has 3 aromatic heterocycles. The molecule has 1 aromatic carbocycles. The zero-order valence-electron chi connectivity index (χ0n) is 19.7. The van der Waals surface area contributed by atoms with E-state index in [0.29, 0.717) is 6.54 Å². The highest BCUT2D eigenvalue weighted by atomic mass is 16.2. The number of rotatable bonds is 7. The molecule has 12 heteroatoms. The first-order chi connectivity index (χ1) is 17.2. The summed E-state index contributed by atoms with van der Waals surface area (Å²) >= 11 is 0. The molecule has 0 fully saturated rings. The largest absolute Gasteiger partial charge is 0.333 e. The van der Waals surface area contributed by atoms with Crippen molar-refractivity contribution in [1.82, 2.24) is 34.5 Å². The third-order valence-corrected chi connectivity index (χ3v) is 5.39. The smallest absolute Gasteiger partial charge is 0.328 e. The monoisotopic (exact) mass is 491 g/mol. The van der Waals surface area contributed by atoms with Crippen LogP contribution in [0.25, 0.3) is 11.2 Å². The second kappa shape index (κ2) is 10.3. The van der Waals surface area contributed by atoms with Crippen molar-refractivity contribution in [2.45, 2.75) is 33.5 Å². The van der Waals surface area contributed by atoms with Gasteiger partial charge in [-0.1, -0.05) is 44.2 Å². The Morgan fingerprint density at radius 1 is 1.00 bits per heavy atom. The number of H-pyrrole nitrogens is 1. The first-order valence-electron chi connectivity index (χ1n) is 11.2. The molecule has 0 aliphatic carbocycles. The molecule has 0 aliphatic rings. The van der Waals surface area contributed by atoms with Crippen LogP contribution in [0.15, 0.2) is 69.4 Å². The predicted octanol–water partition coefficient (Wildman–Crippen LogP) is 0.214. The van der Waals surface area contributed by atoms with Gasteiger partial charge in [-0.2, -0.15) is 0 Å². The highest BCUT2D eigenvalue weighted by molar-refractivity contribution is 5.95. The van der Waals surface area contributed by atoms with E-state index in [1.165, 1.54) is 29.2 Å². The zero-order valence-corrected chi connectivity index (χ0v) is 19.7. The number of aromatic amines is 1. The number of hydrazine groups is 1. The number of benzene rings is 1. The molecular weight excluding hydrogens is 466 g/mol. The van der Waals surface area contributed by atoms with Crippen molar-refractivity contribution >= 4 is 23.0 Å². The first-order valence-corrected chi connectivity index (χ1v) is 11.2. The van der Waals surface area contributed by atoms with Crippen LogP contribution < -0.4 is 27.7 Å². The van der Waals surface area contributed by atoms with Gasteiger partial charge in [0.05, 0.1) is 18.4 Å². The van der Waals surface area contributed by atoms with Gasteiger partial charge in [0.15, 0.2) is 11.2 Å². The van der Waals surface area contributed by atoms with Crippen LogP contribution in [0.1, 0.15) is 29.8 Å². The summed E-state index contributed by atoms with van der Waals surface area (Å²) in [4.78, 5) is 69.3. The van der Waals surface area contributed by atoms with E-state index in [9.17, 15) is 24.0 Å². The van der Waals surface area contributed by atoms with Crippen LogP contribution in [0.4, 0.5) is 0 Å². The van der Waals surface area contributed by atoms with Gasteiger partial charge in [-0.05, 0) is 17.5 Å². The summed E-state index contributed by atoms with van der Waals surface area (Å²) in [6, 6.07) is 11.7. The molecule has 36 heavy (non-hydrogen) atoms. The lowest BCUT2D eigenvalue weighted by molar-refractivity contribution is -0.122. The third kappa shape index (κ3) is 5.17. The van der Waals surface area contributed by atoms with Gasteiger partial charge in [-0.25, -0.2) is 14.3 Å². The summed E-state index contributed by atoms with van der Waals surface area (Å²) in [5.74, 6) is -1.26. The molecule has 3 heterocycles. The molecule has 0 saturated carbocycles. The Labute approximate surface area is 204 Å². The maximum absolute atomic E-state index is 13.3. The van der Waals surface area contributed by atoms with E-state index >= 15 is 0 Å². The Bertz CT molecular complexity index is 1570. The number of nitrogens with zero attached hydrogens (tertiary/aromatic N) is 4. The Hall–Kier alpha value is -4.74. The average Bonchev–Trinajstić information content (AvgIpc) is 3.27. The number of aromatic nitrogens is 5. The summed E-state index contributed by atoms with van der Waals surface area (Å²) in [7, 11) is 0. The fourth-order valence-corrected chi connectivity index (χ4v) is 3.75. The van der Waals surface area contributed by atoms with E-state index in [2.05, 4.69) is 20.8 Å². The third-order valence-electron chi connectivity index (χ3n) is 5.39. The van der Waals surface area contributed by atoms with Crippen molar-refractivity contribution < 1.29 is 9.59 Å². The average molecular weight is 492 g/mol. The minimum Gasteiger partial charge on any atom is -0.328 e.